The van der Waals surface area contributed by atoms with Gasteiger partial charge in [0.1, 0.15) is 12.4 Å². The van der Waals surface area contributed by atoms with Crippen molar-refractivity contribution in [3.05, 3.63) is 90.0 Å². The molecule has 0 amide bonds. The molecule has 3 rings (SSSR count). The number of nitrogens with zero attached hydrogens (tertiary/aromatic N) is 1. The molecule has 0 aliphatic heterocycles. The number of nitrogens with one attached hydrogen (secondary N) is 1. The molecule has 2 atom stereocenters. The molecule has 2 heteroatoms. The van der Waals surface area contributed by atoms with Gasteiger partial charge in [0.05, 0.1) is 12.5 Å². The van der Waals surface area contributed by atoms with Crippen molar-refractivity contribution in [3.8, 4) is 0 Å². The highest BCUT2D eigenvalue weighted by molar-refractivity contribution is 5.32. The zero-order valence-electron chi connectivity index (χ0n) is 16.3. The highest BCUT2D eigenvalue weighted by Crippen LogP contribution is 2.40. The second kappa shape index (κ2) is 8.35. The summed E-state index contributed by atoms with van der Waals surface area (Å²) in [7, 11) is 0. The first-order valence-electron chi connectivity index (χ1n) is 9.81. The third-order valence-corrected chi connectivity index (χ3v) is 5.76. The maximum Gasteiger partial charge on any atom is 0.257 e. The lowest BCUT2D eigenvalue weighted by atomic mass is 9.68. The van der Waals surface area contributed by atoms with Crippen molar-refractivity contribution in [2.75, 3.05) is 0 Å². The third kappa shape index (κ3) is 3.90. The Morgan fingerprint density at radius 3 is 2.31 bits per heavy atom. The fourth-order valence-electron chi connectivity index (χ4n) is 3.92. The van der Waals surface area contributed by atoms with Gasteiger partial charge in [-0.15, -0.1) is 0 Å². The van der Waals surface area contributed by atoms with Gasteiger partial charge in [0.15, 0.2) is 0 Å². The van der Waals surface area contributed by atoms with Gasteiger partial charge in [0, 0.05) is 5.41 Å². The largest absolute Gasteiger partial charge is 0.257 e. The van der Waals surface area contributed by atoms with Crippen molar-refractivity contribution < 1.29 is 4.57 Å². The Bertz CT molecular complexity index is 791. The number of H-pyrrole nitrogens is 1. The summed E-state index contributed by atoms with van der Waals surface area (Å²) in [6.45, 7) is 8.10. The molecule has 1 heterocycles. The monoisotopic (exact) mass is 347 g/mol. The van der Waals surface area contributed by atoms with Crippen LogP contribution in [-0.2, 0) is 18.4 Å². The first-order chi connectivity index (χ1) is 12.6. The van der Waals surface area contributed by atoms with Crippen molar-refractivity contribution in [2.24, 2.45) is 0 Å². The Morgan fingerprint density at radius 1 is 1.00 bits per heavy atom. The number of hydrogen-bond donors (Lipinski definition) is 1. The van der Waals surface area contributed by atoms with E-state index < -0.39 is 0 Å². The molecular weight excluding hydrogens is 316 g/mol. The minimum atomic E-state index is 0.0153. The fourth-order valence-corrected chi connectivity index (χ4v) is 3.92. The number of rotatable bonds is 8. The number of benzene rings is 2. The van der Waals surface area contributed by atoms with Crippen LogP contribution in [0.2, 0.25) is 0 Å². The molecule has 0 radical (unpaired) electrons. The van der Waals surface area contributed by atoms with Crippen molar-refractivity contribution in [2.45, 2.75) is 57.9 Å². The van der Waals surface area contributed by atoms with E-state index in [1.807, 2.05) is 0 Å². The summed E-state index contributed by atoms with van der Waals surface area (Å²) in [6, 6.07) is 21.8. The fraction of sp³-hybridized carbons (Fsp3) is 0.375. The lowest BCUT2D eigenvalue weighted by Crippen LogP contribution is -2.42. The number of imidazole rings is 1. The van der Waals surface area contributed by atoms with Crippen LogP contribution in [0.3, 0.4) is 0 Å². The van der Waals surface area contributed by atoms with Crippen molar-refractivity contribution in [1.82, 2.24) is 4.98 Å². The molecule has 136 valence electrons. The third-order valence-electron chi connectivity index (χ3n) is 5.76. The molecule has 0 saturated heterocycles. The van der Waals surface area contributed by atoms with E-state index >= 15 is 0 Å². The zero-order valence-corrected chi connectivity index (χ0v) is 16.3. The SMILES string of the molecule is CCCC[n+]1cc[nH]c1C(C)C(C)(Cc1ccccc1)c1ccccc1. The molecule has 1 aromatic heterocycles. The number of unbranched alkanes of at least 4 members (excludes halogenated alkanes) is 1. The number of aromatic amines is 1. The molecular formula is C24H31N2+. The van der Waals surface area contributed by atoms with Gasteiger partial charge in [-0.3, -0.25) is 0 Å². The number of hydrogen-bond acceptors (Lipinski definition) is 0. The predicted molar refractivity (Wildman–Crippen MR) is 108 cm³/mol. The summed E-state index contributed by atoms with van der Waals surface area (Å²) in [4.78, 5) is 3.54. The summed E-state index contributed by atoms with van der Waals surface area (Å²) in [5.41, 5.74) is 2.80. The van der Waals surface area contributed by atoms with Crippen LogP contribution in [0, 0.1) is 0 Å². The van der Waals surface area contributed by atoms with Crippen LogP contribution < -0.4 is 4.57 Å². The summed E-state index contributed by atoms with van der Waals surface area (Å²) in [5, 5.41) is 0. The average Bonchev–Trinajstić information content (AvgIpc) is 3.15. The summed E-state index contributed by atoms with van der Waals surface area (Å²) < 4.78 is 2.40. The maximum absolute atomic E-state index is 3.54. The molecule has 2 aromatic carbocycles. The van der Waals surface area contributed by atoms with E-state index in [4.69, 9.17) is 0 Å². The van der Waals surface area contributed by atoms with Crippen LogP contribution in [0.15, 0.2) is 73.1 Å². The summed E-state index contributed by atoms with van der Waals surface area (Å²) in [5.74, 6) is 1.69. The standard InChI is InChI=1S/C24H30N2/c1-4-5-17-26-18-16-25-23(26)20(2)24(3,22-14-10-7-11-15-22)19-21-12-8-6-9-13-21/h6-16,18,20H,4-5,17,19H2,1-3H3/p+1. The van der Waals surface area contributed by atoms with E-state index in [-0.39, 0.29) is 5.41 Å². The second-order valence-electron chi connectivity index (χ2n) is 7.56. The van der Waals surface area contributed by atoms with E-state index in [0.29, 0.717) is 5.92 Å². The lowest BCUT2D eigenvalue weighted by Gasteiger charge is -2.34. The molecule has 3 aromatic rings. The van der Waals surface area contributed by atoms with Gasteiger partial charge in [-0.25, -0.2) is 9.55 Å². The summed E-state index contributed by atoms with van der Waals surface area (Å²) >= 11 is 0. The lowest BCUT2D eigenvalue weighted by molar-refractivity contribution is -0.704. The van der Waals surface area contributed by atoms with Crippen LogP contribution in [-0.4, -0.2) is 4.98 Å². The molecule has 0 bridgehead atoms. The Morgan fingerprint density at radius 2 is 1.65 bits per heavy atom. The molecule has 2 unspecified atom stereocenters. The molecule has 0 aliphatic rings. The Hall–Kier alpha value is -2.35. The molecule has 26 heavy (non-hydrogen) atoms. The van der Waals surface area contributed by atoms with Gasteiger partial charge in [-0.05, 0) is 24.0 Å². The van der Waals surface area contributed by atoms with Gasteiger partial charge in [-0.1, -0.05) is 87.9 Å². The predicted octanol–water partition coefficient (Wildman–Crippen LogP) is 5.41. The van der Waals surface area contributed by atoms with Gasteiger partial charge >= 0.3 is 0 Å². The normalized spacial score (nSPS) is 14.7. The molecule has 0 spiro atoms. The topological polar surface area (TPSA) is 19.7 Å². The van der Waals surface area contributed by atoms with Crippen LogP contribution in [0.5, 0.6) is 0 Å². The van der Waals surface area contributed by atoms with E-state index in [2.05, 4.69) is 103 Å². The summed E-state index contributed by atoms with van der Waals surface area (Å²) in [6.07, 6.45) is 7.71. The first-order valence-corrected chi connectivity index (χ1v) is 9.81. The van der Waals surface area contributed by atoms with Crippen LogP contribution in [0.4, 0.5) is 0 Å². The van der Waals surface area contributed by atoms with E-state index in [1.165, 1.54) is 29.8 Å². The Balaban J connectivity index is 1.99. The Kier molecular flexibility index (Phi) is 5.92. The van der Waals surface area contributed by atoms with Gasteiger partial charge < -0.3 is 0 Å². The van der Waals surface area contributed by atoms with Gasteiger partial charge in [0.2, 0.25) is 0 Å². The molecule has 0 aliphatic carbocycles. The Labute approximate surface area is 157 Å². The minimum Gasteiger partial charge on any atom is -0.247 e. The van der Waals surface area contributed by atoms with E-state index in [1.54, 1.807) is 0 Å². The van der Waals surface area contributed by atoms with E-state index in [9.17, 15) is 0 Å². The maximum atomic E-state index is 3.54. The van der Waals surface area contributed by atoms with Crippen molar-refractivity contribution in [3.63, 3.8) is 0 Å². The zero-order chi connectivity index (χ0) is 18.4. The molecule has 0 saturated carbocycles. The second-order valence-corrected chi connectivity index (χ2v) is 7.56. The van der Waals surface area contributed by atoms with Gasteiger partial charge in [0.25, 0.3) is 5.82 Å². The van der Waals surface area contributed by atoms with E-state index in [0.717, 1.165) is 13.0 Å². The molecule has 0 fully saturated rings. The minimum absolute atomic E-state index is 0.0153. The van der Waals surface area contributed by atoms with Crippen LogP contribution in [0.1, 0.15) is 56.5 Å². The van der Waals surface area contributed by atoms with Crippen molar-refractivity contribution >= 4 is 0 Å². The first kappa shape index (κ1) is 18.4. The highest BCUT2D eigenvalue weighted by Gasteiger charge is 2.39. The van der Waals surface area contributed by atoms with Crippen LogP contribution >= 0.6 is 0 Å². The smallest absolute Gasteiger partial charge is 0.247 e. The number of aromatic nitrogens is 2. The molecule has 2 nitrogen and oxygen atoms in total. The highest BCUT2D eigenvalue weighted by atomic mass is 15.1. The van der Waals surface area contributed by atoms with Gasteiger partial charge in [-0.2, -0.15) is 0 Å². The molecule has 1 N–H and O–H groups in total. The quantitative estimate of drug-likeness (QED) is 0.526. The van der Waals surface area contributed by atoms with Crippen LogP contribution in [0.25, 0.3) is 0 Å². The average molecular weight is 348 g/mol. The number of aryl methyl sites for hydroxylation is 1. The van der Waals surface area contributed by atoms with Crippen molar-refractivity contribution in [1.29, 1.82) is 0 Å².